The lowest BCUT2D eigenvalue weighted by Crippen LogP contribution is -2.15. The van der Waals surface area contributed by atoms with Gasteiger partial charge in [-0.1, -0.05) is 34.1 Å². The minimum atomic E-state index is -3.69. The first-order valence-electron chi connectivity index (χ1n) is 5.53. The van der Waals surface area contributed by atoms with Crippen molar-refractivity contribution in [2.24, 2.45) is 0 Å². The van der Waals surface area contributed by atoms with Crippen LogP contribution in [-0.2, 0) is 10.0 Å². The Hall–Kier alpha value is -1.53. The lowest BCUT2D eigenvalue weighted by atomic mass is 10.2. The Bertz CT molecular complexity index is 714. The predicted octanol–water partition coefficient (Wildman–Crippen LogP) is 3.14. The third-order valence-electron chi connectivity index (χ3n) is 2.65. The molecule has 0 heterocycles. The second-order valence-corrected chi connectivity index (χ2v) is 6.67. The number of hydrogen-bond donors (Lipinski definition) is 2. The average Bonchev–Trinajstić information content (AvgIpc) is 2.35. The zero-order valence-corrected chi connectivity index (χ0v) is 12.6. The summed E-state index contributed by atoms with van der Waals surface area (Å²) in [6, 6.07) is 11.9. The Morgan fingerprint density at radius 3 is 2.53 bits per heavy atom. The second kappa shape index (κ2) is 5.22. The van der Waals surface area contributed by atoms with Crippen LogP contribution in [-0.4, -0.2) is 8.42 Å². The summed E-state index contributed by atoms with van der Waals surface area (Å²) >= 11 is 3.24. The van der Waals surface area contributed by atoms with E-state index in [2.05, 4.69) is 20.7 Å². The first-order chi connectivity index (χ1) is 8.90. The lowest BCUT2D eigenvalue weighted by Gasteiger charge is -2.12. The van der Waals surface area contributed by atoms with Crippen LogP contribution in [0.15, 0.2) is 51.8 Å². The molecule has 0 fully saturated rings. The van der Waals surface area contributed by atoms with Crippen molar-refractivity contribution in [3.8, 4) is 0 Å². The number of aryl methyl sites for hydroxylation is 1. The SMILES string of the molecule is Cc1ccccc1NS(=O)(=O)c1cc(Br)ccc1N. The zero-order chi connectivity index (χ0) is 14.0. The van der Waals surface area contributed by atoms with Crippen molar-refractivity contribution >= 4 is 37.3 Å². The largest absolute Gasteiger partial charge is 0.398 e. The summed E-state index contributed by atoms with van der Waals surface area (Å²) in [4.78, 5) is 0.0603. The first-order valence-corrected chi connectivity index (χ1v) is 7.81. The molecule has 0 aromatic heterocycles. The highest BCUT2D eigenvalue weighted by Crippen LogP contribution is 2.26. The van der Waals surface area contributed by atoms with Gasteiger partial charge in [0.05, 0.1) is 11.4 Å². The molecular formula is C13H13BrN2O2S. The maximum Gasteiger partial charge on any atom is 0.263 e. The van der Waals surface area contributed by atoms with Crippen LogP contribution in [0.4, 0.5) is 11.4 Å². The summed E-state index contributed by atoms with van der Waals surface area (Å²) in [5.41, 5.74) is 7.33. The van der Waals surface area contributed by atoms with Gasteiger partial charge in [0.15, 0.2) is 0 Å². The van der Waals surface area contributed by atoms with Gasteiger partial charge < -0.3 is 5.73 Å². The normalized spacial score (nSPS) is 11.3. The van der Waals surface area contributed by atoms with Crippen molar-refractivity contribution in [2.45, 2.75) is 11.8 Å². The van der Waals surface area contributed by atoms with Gasteiger partial charge in [-0.3, -0.25) is 4.72 Å². The van der Waals surface area contributed by atoms with Crippen LogP contribution in [0, 0.1) is 6.92 Å². The molecule has 0 saturated carbocycles. The number of rotatable bonds is 3. The lowest BCUT2D eigenvalue weighted by molar-refractivity contribution is 0.601. The Labute approximate surface area is 120 Å². The van der Waals surface area contributed by atoms with Crippen LogP contribution < -0.4 is 10.5 Å². The van der Waals surface area contributed by atoms with E-state index in [4.69, 9.17) is 5.73 Å². The first kappa shape index (κ1) is 13.9. The van der Waals surface area contributed by atoms with Gasteiger partial charge in [0, 0.05) is 4.47 Å². The number of hydrogen-bond acceptors (Lipinski definition) is 3. The average molecular weight is 341 g/mol. The molecule has 0 unspecified atom stereocenters. The zero-order valence-electron chi connectivity index (χ0n) is 10.2. The summed E-state index contributed by atoms with van der Waals surface area (Å²) in [7, 11) is -3.69. The number of nitrogens with two attached hydrogens (primary N) is 1. The maximum absolute atomic E-state index is 12.3. The molecule has 6 heteroatoms. The number of anilines is 2. The molecule has 2 aromatic carbocycles. The van der Waals surface area contributed by atoms with E-state index in [0.717, 1.165) is 5.56 Å². The molecule has 19 heavy (non-hydrogen) atoms. The molecule has 0 amide bonds. The van der Waals surface area contributed by atoms with Gasteiger partial charge in [0.1, 0.15) is 4.90 Å². The van der Waals surface area contributed by atoms with Crippen LogP contribution in [0.3, 0.4) is 0 Å². The fourth-order valence-electron chi connectivity index (χ4n) is 1.63. The van der Waals surface area contributed by atoms with Crippen molar-refractivity contribution in [3.63, 3.8) is 0 Å². The fourth-order valence-corrected chi connectivity index (χ4v) is 3.43. The predicted molar refractivity (Wildman–Crippen MR) is 80.5 cm³/mol. The van der Waals surface area contributed by atoms with Gasteiger partial charge in [-0.15, -0.1) is 0 Å². The quantitative estimate of drug-likeness (QED) is 0.843. The highest BCUT2D eigenvalue weighted by Gasteiger charge is 2.18. The second-order valence-electron chi connectivity index (χ2n) is 4.10. The summed E-state index contributed by atoms with van der Waals surface area (Å²) in [5, 5.41) is 0. The number of benzene rings is 2. The molecule has 2 aromatic rings. The highest BCUT2D eigenvalue weighted by molar-refractivity contribution is 9.10. The minimum absolute atomic E-state index is 0.0603. The molecule has 0 aliphatic carbocycles. The van der Waals surface area contributed by atoms with Gasteiger partial charge in [0.2, 0.25) is 0 Å². The summed E-state index contributed by atoms with van der Waals surface area (Å²) < 4.78 is 27.8. The highest BCUT2D eigenvalue weighted by atomic mass is 79.9. The molecule has 3 N–H and O–H groups in total. The monoisotopic (exact) mass is 340 g/mol. The fraction of sp³-hybridized carbons (Fsp3) is 0.0769. The van der Waals surface area contributed by atoms with Crippen LogP contribution in [0.25, 0.3) is 0 Å². The molecule has 0 saturated heterocycles. The van der Waals surface area contributed by atoms with Gasteiger partial charge in [-0.2, -0.15) is 0 Å². The van der Waals surface area contributed by atoms with Crippen LogP contribution >= 0.6 is 15.9 Å². The molecule has 100 valence electrons. The smallest absolute Gasteiger partial charge is 0.263 e. The van der Waals surface area contributed by atoms with E-state index >= 15 is 0 Å². The standard InChI is InChI=1S/C13H13BrN2O2S/c1-9-4-2-3-5-12(9)16-19(17,18)13-8-10(14)6-7-11(13)15/h2-8,16H,15H2,1H3. The number of sulfonamides is 1. The Kier molecular flexibility index (Phi) is 3.82. The Morgan fingerprint density at radius 1 is 1.16 bits per heavy atom. The number of para-hydroxylation sites is 1. The van der Waals surface area contributed by atoms with Gasteiger partial charge in [-0.05, 0) is 36.8 Å². The molecule has 0 radical (unpaired) electrons. The molecule has 0 aliphatic rings. The molecule has 2 rings (SSSR count). The summed E-state index contributed by atoms with van der Waals surface area (Å²) in [6.45, 7) is 1.84. The minimum Gasteiger partial charge on any atom is -0.398 e. The molecule has 0 atom stereocenters. The third kappa shape index (κ3) is 3.08. The topological polar surface area (TPSA) is 72.2 Å². The van der Waals surface area contributed by atoms with Gasteiger partial charge in [-0.25, -0.2) is 8.42 Å². The van der Waals surface area contributed by atoms with E-state index in [0.29, 0.717) is 10.2 Å². The molecule has 0 bridgehead atoms. The third-order valence-corrected chi connectivity index (χ3v) is 4.57. The van der Waals surface area contributed by atoms with Crippen molar-refractivity contribution < 1.29 is 8.42 Å². The van der Waals surface area contributed by atoms with E-state index in [1.54, 1.807) is 24.3 Å². The van der Waals surface area contributed by atoms with Crippen molar-refractivity contribution in [1.82, 2.24) is 0 Å². The van der Waals surface area contributed by atoms with Crippen molar-refractivity contribution in [1.29, 1.82) is 0 Å². The molecule has 0 aliphatic heterocycles. The van der Waals surface area contributed by atoms with Crippen molar-refractivity contribution in [2.75, 3.05) is 10.5 Å². The molecule has 0 spiro atoms. The van der Waals surface area contributed by atoms with E-state index in [1.165, 1.54) is 6.07 Å². The summed E-state index contributed by atoms with van der Waals surface area (Å²) in [5.74, 6) is 0. The number of nitrogens with one attached hydrogen (secondary N) is 1. The van der Waals surface area contributed by atoms with Crippen molar-refractivity contribution in [3.05, 3.63) is 52.5 Å². The Morgan fingerprint density at radius 2 is 1.84 bits per heavy atom. The number of halogens is 1. The molecule has 4 nitrogen and oxygen atoms in total. The summed E-state index contributed by atoms with van der Waals surface area (Å²) in [6.07, 6.45) is 0. The number of nitrogen functional groups attached to an aromatic ring is 1. The molecular weight excluding hydrogens is 328 g/mol. The van der Waals surface area contributed by atoms with E-state index in [1.807, 2.05) is 19.1 Å². The van der Waals surface area contributed by atoms with Crippen LogP contribution in [0.1, 0.15) is 5.56 Å². The van der Waals surface area contributed by atoms with E-state index in [-0.39, 0.29) is 10.6 Å². The van der Waals surface area contributed by atoms with Crippen LogP contribution in [0.2, 0.25) is 0 Å². The van der Waals surface area contributed by atoms with E-state index < -0.39 is 10.0 Å². The maximum atomic E-state index is 12.3. The van der Waals surface area contributed by atoms with E-state index in [9.17, 15) is 8.42 Å². The van der Waals surface area contributed by atoms with Crippen LogP contribution in [0.5, 0.6) is 0 Å². The Balaban J connectivity index is 2.44. The van der Waals surface area contributed by atoms with Gasteiger partial charge in [0.25, 0.3) is 10.0 Å². The van der Waals surface area contributed by atoms with Gasteiger partial charge >= 0.3 is 0 Å².